The minimum Gasteiger partial charge on any atom is -0.493 e. The fourth-order valence-corrected chi connectivity index (χ4v) is 4.23. The first kappa shape index (κ1) is 25.6. The number of rotatable bonds is 9. The van der Waals surface area contributed by atoms with Gasteiger partial charge in [0, 0.05) is 16.3 Å². The van der Waals surface area contributed by atoms with Gasteiger partial charge in [0.1, 0.15) is 18.2 Å². The molecule has 0 aliphatic heterocycles. The van der Waals surface area contributed by atoms with E-state index >= 15 is 0 Å². The van der Waals surface area contributed by atoms with Crippen molar-refractivity contribution < 1.29 is 14.3 Å². The topological polar surface area (TPSA) is 71.4 Å². The van der Waals surface area contributed by atoms with Gasteiger partial charge in [-0.05, 0) is 64.7 Å². The third-order valence-electron chi connectivity index (χ3n) is 5.75. The van der Waals surface area contributed by atoms with Crippen molar-refractivity contribution in [3.05, 3.63) is 119 Å². The van der Waals surface area contributed by atoms with Crippen molar-refractivity contribution in [1.29, 1.82) is 5.26 Å². The lowest BCUT2D eigenvalue weighted by Gasteiger charge is -2.17. The number of nitrogens with zero attached hydrogens (tertiary/aromatic N) is 1. The smallest absolute Gasteiger partial charge is 0.266 e. The maximum absolute atomic E-state index is 12.7. The molecular weight excluding hydrogens is 484 g/mol. The van der Waals surface area contributed by atoms with Gasteiger partial charge in [0.25, 0.3) is 5.91 Å². The largest absolute Gasteiger partial charge is 0.493 e. The van der Waals surface area contributed by atoms with Crippen molar-refractivity contribution in [2.24, 2.45) is 0 Å². The summed E-state index contributed by atoms with van der Waals surface area (Å²) in [6.07, 6.45) is 3.80. The van der Waals surface area contributed by atoms with Gasteiger partial charge < -0.3 is 14.8 Å². The lowest BCUT2D eigenvalue weighted by Crippen LogP contribution is -2.13. The minimum absolute atomic E-state index is 0.0593. The van der Waals surface area contributed by atoms with Crippen LogP contribution in [0.1, 0.15) is 16.7 Å². The van der Waals surface area contributed by atoms with Gasteiger partial charge in [0.15, 0.2) is 11.5 Å². The Kier molecular flexibility index (Phi) is 8.25. The number of carbonyl (C=O) groups is 1. The molecule has 5 nitrogen and oxygen atoms in total. The van der Waals surface area contributed by atoms with Crippen LogP contribution in [0.4, 0.5) is 5.69 Å². The predicted molar refractivity (Wildman–Crippen MR) is 149 cm³/mol. The summed E-state index contributed by atoms with van der Waals surface area (Å²) in [5.74, 6) is 0.554. The summed E-state index contributed by atoms with van der Waals surface area (Å²) < 4.78 is 11.9. The molecule has 0 unspecified atom stereocenters. The molecule has 0 radical (unpaired) electrons. The third kappa shape index (κ3) is 6.19. The second-order valence-corrected chi connectivity index (χ2v) is 8.70. The molecule has 4 rings (SSSR count). The second-order valence-electron chi connectivity index (χ2n) is 8.27. The molecule has 1 N–H and O–H groups in total. The number of hydrogen-bond donors (Lipinski definition) is 1. The van der Waals surface area contributed by atoms with E-state index in [9.17, 15) is 10.1 Å². The summed E-state index contributed by atoms with van der Waals surface area (Å²) in [5.41, 5.74) is 2.95. The fourth-order valence-electron chi connectivity index (χ4n) is 4.04. The number of hydrogen-bond acceptors (Lipinski definition) is 4. The van der Waals surface area contributed by atoms with Crippen LogP contribution in [-0.2, 0) is 17.8 Å². The molecule has 184 valence electrons. The molecule has 0 heterocycles. The van der Waals surface area contributed by atoms with Gasteiger partial charge in [-0.15, -0.1) is 6.58 Å². The number of carbonyl (C=O) groups excluding carboxylic acids is 1. The van der Waals surface area contributed by atoms with Crippen molar-refractivity contribution in [1.82, 2.24) is 0 Å². The molecule has 0 bridgehead atoms. The Morgan fingerprint density at radius 3 is 2.59 bits per heavy atom. The number of anilines is 1. The van der Waals surface area contributed by atoms with Gasteiger partial charge in [0.05, 0.1) is 7.11 Å². The Balaban J connectivity index is 1.64. The monoisotopic (exact) mass is 508 g/mol. The fraction of sp³-hybridized carbons (Fsp3) is 0.0968. The van der Waals surface area contributed by atoms with E-state index in [-0.39, 0.29) is 5.57 Å². The lowest BCUT2D eigenvalue weighted by atomic mass is 10.0. The number of fused-ring (bicyclic) bond motifs is 1. The van der Waals surface area contributed by atoms with Crippen LogP contribution in [0.3, 0.4) is 0 Å². The average Bonchev–Trinajstić information content (AvgIpc) is 2.91. The molecule has 0 atom stereocenters. The Morgan fingerprint density at radius 2 is 1.84 bits per heavy atom. The van der Waals surface area contributed by atoms with Crippen LogP contribution < -0.4 is 14.8 Å². The standard InChI is InChI=1S/C31H25ClN2O3/c1-3-8-23-15-21(16-25(19-33)31(35)34-27-13-7-12-26(32)18-27)17-29(36-2)30(23)37-20-24-11-6-10-22-9-4-5-14-28(22)24/h3-7,9-18H,1,8,20H2,2H3,(H,34,35)/b25-16+. The Bertz CT molecular complexity index is 1530. The summed E-state index contributed by atoms with van der Waals surface area (Å²) >= 11 is 6.00. The number of benzene rings is 4. The normalized spacial score (nSPS) is 11.0. The minimum atomic E-state index is -0.537. The van der Waals surface area contributed by atoms with E-state index in [2.05, 4.69) is 30.1 Å². The summed E-state index contributed by atoms with van der Waals surface area (Å²) in [5, 5.41) is 15.1. The van der Waals surface area contributed by atoms with Crippen molar-refractivity contribution in [3.8, 4) is 17.6 Å². The molecule has 6 heteroatoms. The highest BCUT2D eigenvalue weighted by atomic mass is 35.5. The maximum Gasteiger partial charge on any atom is 0.266 e. The molecule has 0 aliphatic rings. The number of nitriles is 1. The average molecular weight is 509 g/mol. The van der Waals surface area contributed by atoms with Gasteiger partial charge in [-0.1, -0.05) is 66.2 Å². The lowest BCUT2D eigenvalue weighted by molar-refractivity contribution is -0.112. The molecule has 0 fully saturated rings. The maximum atomic E-state index is 12.7. The molecule has 37 heavy (non-hydrogen) atoms. The van der Waals surface area contributed by atoms with E-state index in [0.717, 1.165) is 21.9 Å². The highest BCUT2D eigenvalue weighted by Crippen LogP contribution is 2.35. The highest BCUT2D eigenvalue weighted by Gasteiger charge is 2.15. The number of ether oxygens (including phenoxy) is 2. The van der Waals surface area contributed by atoms with Crippen molar-refractivity contribution in [2.45, 2.75) is 13.0 Å². The van der Waals surface area contributed by atoms with Crippen LogP contribution in [0.25, 0.3) is 16.8 Å². The van der Waals surface area contributed by atoms with Crippen LogP contribution in [0, 0.1) is 11.3 Å². The van der Waals surface area contributed by atoms with E-state index in [1.165, 1.54) is 6.08 Å². The van der Waals surface area contributed by atoms with Crippen LogP contribution in [0.5, 0.6) is 11.5 Å². The van der Waals surface area contributed by atoms with Gasteiger partial charge >= 0.3 is 0 Å². The van der Waals surface area contributed by atoms with E-state index < -0.39 is 5.91 Å². The van der Waals surface area contributed by atoms with E-state index in [4.69, 9.17) is 21.1 Å². The Hall–Kier alpha value is -4.53. The zero-order valence-corrected chi connectivity index (χ0v) is 21.1. The number of amides is 1. The first-order chi connectivity index (χ1) is 18.0. The zero-order chi connectivity index (χ0) is 26.2. The van der Waals surface area contributed by atoms with Gasteiger partial charge in [-0.2, -0.15) is 5.26 Å². The van der Waals surface area contributed by atoms with Crippen LogP contribution in [-0.4, -0.2) is 13.0 Å². The first-order valence-electron chi connectivity index (χ1n) is 11.6. The van der Waals surface area contributed by atoms with Crippen molar-refractivity contribution in [2.75, 3.05) is 12.4 Å². The van der Waals surface area contributed by atoms with Crippen LogP contribution in [0.15, 0.2) is 97.1 Å². The molecule has 4 aromatic rings. The summed E-state index contributed by atoms with van der Waals surface area (Å²) in [4.78, 5) is 12.7. The number of methoxy groups -OCH3 is 1. The third-order valence-corrected chi connectivity index (χ3v) is 5.98. The number of allylic oxidation sites excluding steroid dienone is 1. The molecule has 4 aromatic carbocycles. The van der Waals surface area contributed by atoms with E-state index in [0.29, 0.717) is 40.8 Å². The second kappa shape index (κ2) is 11.9. The highest BCUT2D eigenvalue weighted by molar-refractivity contribution is 6.31. The quantitative estimate of drug-likeness (QED) is 0.146. The number of halogens is 1. The van der Waals surface area contributed by atoms with Gasteiger partial charge in [0.2, 0.25) is 0 Å². The molecule has 0 aliphatic carbocycles. The predicted octanol–water partition coefficient (Wildman–Crippen LogP) is 7.35. The summed E-state index contributed by atoms with van der Waals surface area (Å²) in [6, 6.07) is 26.6. The van der Waals surface area contributed by atoms with Crippen molar-refractivity contribution in [3.63, 3.8) is 0 Å². The molecule has 0 aromatic heterocycles. The van der Waals surface area contributed by atoms with Gasteiger partial charge in [-0.3, -0.25) is 4.79 Å². The molecule has 1 amide bonds. The number of nitrogens with one attached hydrogen (secondary N) is 1. The SMILES string of the molecule is C=CCc1cc(/C=C(\C#N)C(=O)Nc2cccc(Cl)c2)cc(OC)c1OCc1cccc2ccccc12. The van der Waals surface area contributed by atoms with E-state index in [1.807, 2.05) is 36.4 Å². The summed E-state index contributed by atoms with van der Waals surface area (Å²) in [7, 11) is 1.56. The first-order valence-corrected chi connectivity index (χ1v) is 12.0. The molecule has 0 saturated heterocycles. The van der Waals surface area contributed by atoms with Gasteiger partial charge in [-0.25, -0.2) is 0 Å². The molecular formula is C31H25ClN2O3. The Labute approximate surface area is 221 Å². The van der Waals surface area contributed by atoms with Crippen LogP contribution in [0.2, 0.25) is 5.02 Å². The van der Waals surface area contributed by atoms with E-state index in [1.54, 1.807) is 43.5 Å². The molecule has 0 saturated carbocycles. The van der Waals surface area contributed by atoms with Crippen LogP contribution >= 0.6 is 11.6 Å². The summed E-state index contributed by atoms with van der Waals surface area (Å²) in [6.45, 7) is 4.21. The zero-order valence-electron chi connectivity index (χ0n) is 20.3. The molecule has 0 spiro atoms. The Morgan fingerprint density at radius 1 is 1.05 bits per heavy atom. The van der Waals surface area contributed by atoms with Crippen molar-refractivity contribution >= 4 is 40.0 Å².